The van der Waals surface area contributed by atoms with Crippen LogP contribution in [0.25, 0.3) is 0 Å². The predicted octanol–water partition coefficient (Wildman–Crippen LogP) is 2.12. The zero-order valence-electron chi connectivity index (χ0n) is 11.7. The maximum atomic E-state index is 5.99. The molecule has 4 heteroatoms. The Bertz CT molecular complexity index is 386. The second kappa shape index (κ2) is 5.41. The highest BCUT2D eigenvalue weighted by atomic mass is 16.5. The van der Waals surface area contributed by atoms with Gasteiger partial charge in [-0.05, 0) is 33.1 Å². The van der Waals surface area contributed by atoms with E-state index in [1.54, 1.807) is 0 Å². The van der Waals surface area contributed by atoms with Crippen molar-refractivity contribution < 1.29 is 4.74 Å². The lowest BCUT2D eigenvalue weighted by molar-refractivity contribution is -0.0217. The maximum Gasteiger partial charge on any atom is 0.0950 e. The topological polar surface area (TPSA) is 53.1 Å². The van der Waals surface area contributed by atoms with E-state index in [1.807, 2.05) is 6.33 Å². The van der Waals surface area contributed by atoms with Gasteiger partial charge in [0.05, 0.1) is 23.7 Å². The summed E-state index contributed by atoms with van der Waals surface area (Å²) < 4.78 is 8.12. The minimum Gasteiger partial charge on any atom is -0.370 e. The lowest BCUT2D eigenvalue weighted by Crippen LogP contribution is -2.22. The van der Waals surface area contributed by atoms with Crippen molar-refractivity contribution in [2.24, 2.45) is 5.73 Å². The smallest absolute Gasteiger partial charge is 0.0950 e. The fourth-order valence-electron chi connectivity index (χ4n) is 2.47. The lowest BCUT2D eigenvalue weighted by atomic mass is 10.1. The van der Waals surface area contributed by atoms with Crippen molar-refractivity contribution in [3.63, 3.8) is 0 Å². The summed E-state index contributed by atoms with van der Waals surface area (Å²) in [5, 5.41) is 0. The van der Waals surface area contributed by atoms with E-state index in [0.717, 1.165) is 37.9 Å². The monoisotopic (exact) mass is 251 g/mol. The summed E-state index contributed by atoms with van der Waals surface area (Å²) in [6.45, 7) is 7.33. The first-order valence-corrected chi connectivity index (χ1v) is 6.92. The molecule has 2 unspecified atom stereocenters. The molecule has 0 radical (unpaired) electrons. The van der Waals surface area contributed by atoms with Crippen molar-refractivity contribution in [1.82, 2.24) is 9.55 Å². The fourth-order valence-corrected chi connectivity index (χ4v) is 2.47. The average molecular weight is 251 g/mol. The van der Waals surface area contributed by atoms with Gasteiger partial charge >= 0.3 is 0 Å². The van der Waals surface area contributed by atoms with Gasteiger partial charge in [0.15, 0.2) is 0 Å². The van der Waals surface area contributed by atoms with Crippen molar-refractivity contribution in [1.29, 1.82) is 0 Å². The molecule has 1 aromatic heterocycles. The van der Waals surface area contributed by atoms with Crippen LogP contribution in [0, 0.1) is 0 Å². The third kappa shape index (κ3) is 3.56. The zero-order chi connectivity index (χ0) is 13.2. The first kappa shape index (κ1) is 13.6. The summed E-state index contributed by atoms with van der Waals surface area (Å²) in [7, 11) is 0. The molecule has 0 aromatic carbocycles. The van der Waals surface area contributed by atoms with Crippen molar-refractivity contribution in [3.05, 3.63) is 18.2 Å². The molecule has 0 amide bonds. The van der Waals surface area contributed by atoms with Gasteiger partial charge in [0.25, 0.3) is 0 Å². The standard InChI is InChI=1S/C14H25N3O/c1-4-11(15)7-12-8-17(10-16-12)9-13-5-6-14(2,3)18-13/h8,10-11,13H,4-7,9,15H2,1-3H3. The van der Waals surface area contributed by atoms with Gasteiger partial charge in [-0.1, -0.05) is 6.92 Å². The van der Waals surface area contributed by atoms with Crippen molar-refractivity contribution in [3.8, 4) is 0 Å². The highest BCUT2D eigenvalue weighted by molar-refractivity contribution is 4.99. The molecule has 0 spiro atoms. The van der Waals surface area contributed by atoms with E-state index >= 15 is 0 Å². The Balaban J connectivity index is 1.87. The van der Waals surface area contributed by atoms with Gasteiger partial charge in [-0.25, -0.2) is 4.98 Å². The predicted molar refractivity (Wildman–Crippen MR) is 72.4 cm³/mol. The Labute approximate surface area is 110 Å². The third-order valence-electron chi connectivity index (χ3n) is 3.65. The Hall–Kier alpha value is -0.870. The minimum absolute atomic E-state index is 0.0403. The second-order valence-electron chi connectivity index (χ2n) is 5.97. The Morgan fingerprint density at radius 3 is 3.00 bits per heavy atom. The number of hydrogen-bond acceptors (Lipinski definition) is 3. The van der Waals surface area contributed by atoms with Gasteiger partial charge in [-0.3, -0.25) is 0 Å². The first-order valence-electron chi connectivity index (χ1n) is 6.92. The lowest BCUT2D eigenvalue weighted by Gasteiger charge is -2.19. The van der Waals surface area contributed by atoms with Crippen LogP contribution in [0.15, 0.2) is 12.5 Å². The summed E-state index contributed by atoms with van der Waals surface area (Å²) in [5.41, 5.74) is 7.06. The fraction of sp³-hybridized carbons (Fsp3) is 0.786. The minimum atomic E-state index is 0.0403. The molecule has 1 aliphatic heterocycles. The zero-order valence-corrected chi connectivity index (χ0v) is 11.7. The number of ether oxygens (including phenoxy) is 1. The van der Waals surface area contributed by atoms with Crippen molar-refractivity contribution in [2.45, 2.75) is 70.7 Å². The van der Waals surface area contributed by atoms with Gasteiger partial charge in [-0.2, -0.15) is 0 Å². The average Bonchev–Trinajstić information content (AvgIpc) is 2.86. The summed E-state index contributed by atoms with van der Waals surface area (Å²) >= 11 is 0. The Morgan fingerprint density at radius 2 is 2.39 bits per heavy atom. The largest absolute Gasteiger partial charge is 0.370 e. The van der Waals surface area contributed by atoms with Crippen molar-refractivity contribution >= 4 is 0 Å². The Morgan fingerprint density at radius 1 is 1.61 bits per heavy atom. The van der Waals surface area contributed by atoms with Crippen LogP contribution in [0.2, 0.25) is 0 Å². The molecule has 4 nitrogen and oxygen atoms in total. The third-order valence-corrected chi connectivity index (χ3v) is 3.65. The quantitative estimate of drug-likeness (QED) is 0.872. The van der Waals surface area contributed by atoms with E-state index in [2.05, 4.69) is 36.5 Å². The van der Waals surface area contributed by atoms with E-state index in [9.17, 15) is 0 Å². The molecule has 1 fully saturated rings. The summed E-state index contributed by atoms with van der Waals surface area (Å²) in [6, 6.07) is 0.218. The van der Waals surface area contributed by atoms with Crippen LogP contribution in [0.4, 0.5) is 0 Å². The molecular weight excluding hydrogens is 226 g/mol. The number of imidazole rings is 1. The van der Waals surface area contributed by atoms with E-state index in [1.165, 1.54) is 0 Å². The van der Waals surface area contributed by atoms with Crippen LogP contribution in [-0.4, -0.2) is 27.3 Å². The molecule has 0 bridgehead atoms. The number of hydrogen-bond donors (Lipinski definition) is 1. The van der Waals surface area contributed by atoms with Crippen molar-refractivity contribution in [2.75, 3.05) is 0 Å². The van der Waals surface area contributed by atoms with E-state index in [-0.39, 0.29) is 11.6 Å². The molecule has 18 heavy (non-hydrogen) atoms. The van der Waals surface area contributed by atoms with Crippen LogP contribution >= 0.6 is 0 Å². The summed E-state index contributed by atoms with van der Waals surface area (Å²) in [4.78, 5) is 4.41. The van der Waals surface area contributed by atoms with Crippen LogP contribution in [-0.2, 0) is 17.7 Å². The molecule has 1 saturated heterocycles. The van der Waals surface area contributed by atoms with E-state index in [0.29, 0.717) is 6.10 Å². The molecule has 2 N–H and O–H groups in total. The molecule has 2 atom stereocenters. The number of nitrogens with zero attached hydrogens (tertiary/aromatic N) is 2. The van der Waals surface area contributed by atoms with Crippen LogP contribution in [0.5, 0.6) is 0 Å². The molecule has 1 aliphatic rings. The SMILES string of the molecule is CCC(N)Cc1cn(CC2CCC(C)(C)O2)cn1. The maximum absolute atomic E-state index is 5.99. The van der Waals surface area contributed by atoms with Gasteiger partial charge in [0.1, 0.15) is 0 Å². The molecule has 102 valence electrons. The first-order chi connectivity index (χ1) is 8.48. The number of nitrogens with two attached hydrogens (primary N) is 1. The van der Waals surface area contributed by atoms with E-state index in [4.69, 9.17) is 10.5 Å². The molecule has 0 saturated carbocycles. The highest BCUT2D eigenvalue weighted by Gasteiger charge is 2.31. The number of aromatic nitrogens is 2. The molecule has 2 rings (SSSR count). The molecule has 2 heterocycles. The van der Waals surface area contributed by atoms with Crippen LogP contribution < -0.4 is 5.73 Å². The van der Waals surface area contributed by atoms with Gasteiger partial charge in [0, 0.05) is 25.2 Å². The van der Waals surface area contributed by atoms with Gasteiger partial charge in [-0.15, -0.1) is 0 Å². The van der Waals surface area contributed by atoms with Gasteiger partial charge < -0.3 is 15.0 Å². The second-order valence-corrected chi connectivity index (χ2v) is 5.97. The van der Waals surface area contributed by atoms with Crippen LogP contribution in [0.3, 0.4) is 0 Å². The number of rotatable bonds is 5. The summed E-state index contributed by atoms with van der Waals surface area (Å²) in [5.74, 6) is 0. The molecular formula is C14H25N3O. The summed E-state index contributed by atoms with van der Waals surface area (Å²) in [6.07, 6.45) is 8.45. The Kier molecular flexibility index (Phi) is 4.07. The molecule has 1 aromatic rings. The van der Waals surface area contributed by atoms with Crippen LogP contribution in [0.1, 0.15) is 45.7 Å². The van der Waals surface area contributed by atoms with Gasteiger partial charge in [0.2, 0.25) is 0 Å². The van der Waals surface area contributed by atoms with E-state index < -0.39 is 0 Å². The highest BCUT2D eigenvalue weighted by Crippen LogP contribution is 2.30. The normalized spacial score (nSPS) is 24.3. The molecule has 0 aliphatic carbocycles.